The van der Waals surface area contributed by atoms with Crippen LogP contribution in [0.2, 0.25) is 0 Å². The first-order valence-corrected chi connectivity index (χ1v) is 8.18. The van der Waals surface area contributed by atoms with E-state index in [1.807, 2.05) is 0 Å². The number of carbonyl (C=O) groups is 1. The lowest BCUT2D eigenvalue weighted by Crippen LogP contribution is -2.35. The van der Waals surface area contributed by atoms with E-state index < -0.39 is 24.2 Å². The minimum absolute atomic E-state index is 0.105. The molecule has 1 amide bonds. The second kappa shape index (κ2) is 6.53. The monoisotopic (exact) mass is 380 g/mol. The Bertz CT molecular complexity index is 916. The number of amides is 1. The molecule has 10 heteroatoms. The maximum absolute atomic E-state index is 13.5. The molecule has 142 valence electrons. The van der Waals surface area contributed by atoms with E-state index in [9.17, 15) is 18.0 Å². The van der Waals surface area contributed by atoms with Crippen LogP contribution in [0.5, 0.6) is 0 Å². The van der Waals surface area contributed by atoms with Crippen molar-refractivity contribution in [2.75, 3.05) is 5.32 Å². The normalized spacial score (nSPS) is 19.4. The van der Waals surface area contributed by atoms with Crippen LogP contribution in [0.4, 0.5) is 19.0 Å². The number of carbonyl (C=O) groups excluding carboxylic acids is 1. The molecule has 2 N–H and O–H groups in total. The number of rotatable bonds is 4. The summed E-state index contributed by atoms with van der Waals surface area (Å²) in [5.41, 5.74) is -0.113. The topological polar surface area (TPSA) is 85.2 Å². The summed E-state index contributed by atoms with van der Waals surface area (Å²) in [6, 6.07) is 5.32. The zero-order valence-corrected chi connectivity index (χ0v) is 13.9. The summed E-state index contributed by atoms with van der Waals surface area (Å²) in [4.78, 5) is 12.3. The van der Waals surface area contributed by atoms with Crippen LogP contribution in [-0.4, -0.2) is 21.9 Å². The number of hydrogen-bond donors (Lipinski definition) is 2. The first-order chi connectivity index (χ1) is 12.9. The van der Waals surface area contributed by atoms with Crippen LogP contribution in [0.15, 0.2) is 51.7 Å². The van der Waals surface area contributed by atoms with Gasteiger partial charge >= 0.3 is 6.18 Å². The minimum atomic E-state index is -4.52. The summed E-state index contributed by atoms with van der Waals surface area (Å²) in [6.07, 6.45) is -1.95. The Morgan fingerprint density at radius 1 is 1.30 bits per heavy atom. The molecule has 0 aliphatic carbocycles. The molecule has 0 aromatic carbocycles. The van der Waals surface area contributed by atoms with Gasteiger partial charge in [0.2, 0.25) is 0 Å². The van der Waals surface area contributed by atoms with Gasteiger partial charge in [-0.05, 0) is 24.3 Å². The number of alkyl halides is 3. The summed E-state index contributed by atoms with van der Waals surface area (Å²) in [5, 5.41) is 9.40. The molecule has 7 nitrogen and oxygen atoms in total. The molecular weight excluding hydrogens is 365 g/mol. The Hall–Kier alpha value is -3.17. The number of anilines is 1. The highest BCUT2D eigenvalue weighted by Crippen LogP contribution is 2.43. The van der Waals surface area contributed by atoms with Gasteiger partial charge in [0, 0.05) is 12.5 Å². The number of furan rings is 2. The predicted molar refractivity (Wildman–Crippen MR) is 86.9 cm³/mol. The molecule has 0 fully saturated rings. The SMILES string of the molecule is O=C(NCc1ccco1)c1cc2n(n1)[C@@H](C(F)(F)F)C[C@H](c1ccco1)N2. The van der Waals surface area contributed by atoms with E-state index >= 15 is 0 Å². The molecule has 0 radical (unpaired) electrons. The van der Waals surface area contributed by atoms with E-state index in [1.54, 1.807) is 24.3 Å². The van der Waals surface area contributed by atoms with Crippen LogP contribution >= 0.6 is 0 Å². The Morgan fingerprint density at radius 2 is 2.07 bits per heavy atom. The highest BCUT2D eigenvalue weighted by Gasteiger charge is 2.47. The molecule has 1 aliphatic rings. The lowest BCUT2D eigenvalue weighted by atomic mass is 10.0. The van der Waals surface area contributed by atoms with E-state index in [2.05, 4.69) is 15.7 Å². The highest BCUT2D eigenvalue weighted by atomic mass is 19.4. The van der Waals surface area contributed by atoms with Gasteiger partial charge in [-0.15, -0.1) is 0 Å². The fraction of sp³-hybridized carbons (Fsp3) is 0.294. The minimum Gasteiger partial charge on any atom is -0.467 e. The van der Waals surface area contributed by atoms with Crippen LogP contribution in [0.3, 0.4) is 0 Å². The van der Waals surface area contributed by atoms with Crippen LogP contribution in [0.25, 0.3) is 0 Å². The van der Waals surface area contributed by atoms with Crippen molar-refractivity contribution < 1.29 is 26.8 Å². The van der Waals surface area contributed by atoms with E-state index in [-0.39, 0.29) is 24.5 Å². The lowest BCUT2D eigenvalue weighted by molar-refractivity contribution is -0.174. The van der Waals surface area contributed by atoms with Gasteiger partial charge in [-0.1, -0.05) is 0 Å². The number of nitrogens with one attached hydrogen (secondary N) is 2. The molecular formula is C17H15F3N4O3. The molecule has 0 spiro atoms. The molecule has 0 unspecified atom stereocenters. The number of halogens is 3. The standard InChI is InChI=1S/C17H15F3N4O3/c18-17(19,20)14-7-11(13-4-2-6-27-13)22-15-8-12(23-24(14)15)16(25)21-9-10-3-1-5-26-10/h1-6,8,11,14,22H,7,9H2,(H,21,25)/t11-,14-/m1/s1. The van der Waals surface area contributed by atoms with Gasteiger partial charge in [-0.2, -0.15) is 18.3 Å². The Kier molecular flexibility index (Phi) is 4.17. The summed E-state index contributed by atoms with van der Waals surface area (Å²) in [6.45, 7) is 0.110. The number of nitrogens with zero attached hydrogens (tertiary/aromatic N) is 2. The summed E-state index contributed by atoms with van der Waals surface area (Å²) < 4.78 is 51.8. The van der Waals surface area contributed by atoms with E-state index in [0.29, 0.717) is 11.5 Å². The zero-order valence-electron chi connectivity index (χ0n) is 13.9. The fourth-order valence-electron chi connectivity index (χ4n) is 3.03. The van der Waals surface area contributed by atoms with Crippen molar-refractivity contribution in [1.82, 2.24) is 15.1 Å². The Morgan fingerprint density at radius 3 is 2.74 bits per heavy atom. The smallest absolute Gasteiger partial charge is 0.410 e. The largest absolute Gasteiger partial charge is 0.467 e. The van der Waals surface area contributed by atoms with Crippen molar-refractivity contribution in [2.45, 2.75) is 31.2 Å². The third-order valence-electron chi connectivity index (χ3n) is 4.31. The molecule has 3 aromatic heterocycles. The first-order valence-electron chi connectivity index (χ1n) is 8.18. The lowest BCUT2D eigenvalue weighted by Gasteiger charge is -2.32. The number of aromatic nitrogens is 2. The van der Waals surface area contributed by atoms with Crippen LogP contribution in [-0.2, 0) is 6.54 Å². The van der Waals surface area contributed by atoms with Crippen molar-refractivity contribution in [2.24, 2.45) is 0 Å². The molecule has 2 atom stereocenters. The second-order valence-electron chi connectivity index (χ2n) is 6.13. The molecule has 3 aromatic rings. The van der Waals surface area contributed by atoms with Gasteiger partial charge in [0.1, 0.15) is 17.3 Å². The van der Waals surface area contributed by atoms with Crippen molar-refractivity contribution in [3.05, 3.63) is 60.1 Å². The number of fused-ring (bicyclic) bond motifs is 1. The maximum atomic E-state index is 13.5. The van der Waals surface area contributed by atoms with E-state index in [4.69, 9.17) is 8.83 Å². The third-order valence-corrected chi connectivity index (χ3v) is 4.31. The van der Waals surface area contributed by atoms with Gasteiger partial charge in [0.05, 0.1) is 25.1 Å². The Balaban J connectivity index is 1.58. The second-order valence-corrected chi connectivity index (χ2v) is 6.13. The van der Waals surface area contributed by atoms with Crippen molar-refractivity contribution >= 4 is 11.7 Å². The average Bonchev–Trinajstić information content (AvgIpc) is 3.38. The van der Waals surface area contributed by atoms with Gasteiger partial charge in [0.25, 0.3) is 5.91 Å². The van der Waals surface area contributed by atoms with Gasteiger partial charge in [-0.3, -0.25) is 4.79 Å². The highest BCUT2D eigenvalue weighted by molar-refractivity contribution is 5.93. The first kappa shape index (κ1) is 17.3. The molecule has 1 aliphatic heterocycles. The molecule has 4 rings (SSSR count). The zero-order chi connectivity index (χ0) is 19.0. The van der Waals surface area contributed by atoms with Gasteiger partial charge < -0.3 is 19.5 Å². The quantitative estimate of drug-likeness (QED) is 0.722. The van der Waals surface area contributed by atoms with E-state index in [1.165, 1.54) is 18.6 Å². The van der Waals surface area contributed by atoms with Crippen LogP contribution in [0, 0.1) is 0 Å². The molecule has 4 heterocycles. The van der Waals surface area contributed by atoms with Crippen molar-refractivity contribution in [1.29, 1.82) is 0 Å². The average molecular weight is 380 g/mol. The molecule has 0 bridgehead atoms. The molecule has 27 heavy (non-hydrogen) atoms. The number of hydrogen-bond acceptors (Lipinski definition) is 5. The van der Waals surface area contributed by atoms with Gasteiger partial charge in [0.15, 0.2) is 11.7 Å². The molecule has 0 saturated heterocycles. The summed E-state index contributed by atoms with van der Waals surface area (Å²) in [5.74, 6) is 0.427. The summed E-state index contributed by atoms with van der Waals surface area (Å²) >= 11 is 0. The predicted octanol–water partition coefficient (Wildman–Crippen LogP) is 3.66. The van der Waals surface area contributed by atoms with Crippen LogP contribution < -0.4 is 10.6 Å². The van der Waals surface area contributed by atoms with Crippen molar-refractivity contribution in [3.63, 3.8) is 0 Å². The molecule has 0 saturated carbocycles. The van der Waals surface area contributed by atoms with Gasteiger partial charge in [-0.25, -0.2) is 4.68 Å². The summed E-state index contributed by atoms with van der Waals surface area (Å²) in [7, 11) is 0. The maximum Gasteiger partial charge on any atom is 0.410 e. The Labute approximate surface area is 151 Å². The van der Waals surface area contributed by atoms with Crippen LogP contribution in [0.1, 0.15) is 40.5 Å². The van der Waals surface area contributed by atoms with Crippen molar-refractivity contribution in [3.8, 4) is 0 Å². The third kappa shape index (κ3) is 3.42. The fourth-order valence-corrected chi connectivity index (χ4v) is 3.03. The van der Waals surface area contributed by atoms with E-state index in [0.717, 1.165) is 4.68 Å².